The Morgan fingerprint density at radius 2 is 2.05 bits per heavy atom. The van der Waals surface area contributed by atoms with E-state index in [0.29, 0.717) is 5.92 Å². The van der Waals surface area contributed by atoms with Gasteiger partial charge in [-0.2, -0.15) is 0 Å². The maximum Gasteiger partial charge on any atom is 0.160 e. The monoisotopic (exact) mass is 289 g/mol. The number of rotatable bonds is 4. The number of benzene rings is 1. The van der Waals surface area contributed by atoms with Crippen molar-refractivity contribution >= 4 is 0 Å². The van der Waals surface area contributed by atoms with Crippen LogP contribution in [-0.2, 0) is 12.8 Å². The van der Waals surface area contributed by atoms with Gasteiger partial charge in [0.05, 0.1) is 0 Å². The molecule has 2 atom stereocenters. The molecule has 0 aromatic heterocycles. The first-order valence-corrected chi connectivity index (χ1v) is 8.44. The van der Waals surface area contributed by atoms with Gasteiger partial charge in [0.25, 0.3) is 0 Å². The fraction of sp³-hybridized carbons (Fsp3) is 0.667. The van der Waals surface area contributed by atoms with Crippen LogP contribution in [0.3, 0.4) is 0 Å². The van der Waals surface area contributed by atoms with E-state index in [2.05, 4.69) is 18.7 Å². The molecule has 1 aliphatic heterocycles. The second-order valence-electron chi connectivity index (χ2n) is 6.66. The highest BCUT2D eigenvalue weighted by Gasteiger charge is 2.39. The Balaban J connectivity index is 2.02. The summed E-state index contributed by atoms with van der Waals surface area (Å²) in [6.45, 7) is 7.83. The molecule has 116 valence electrons. The van der Waals surface area contributed by atoms with Crippen molar-refractivity contribution in [3.63, 3.8) is 0 Å². The molecule has 3 nitrogen and oxygen atoms in total. The number of aryl methyl sites for hydroxylation is 1. The molecule has 0 radical (unpaired) electrons. The zero-order valence-corrected chi connectivity index (χ0v) is 13.2. The number of unbranched alkanes of at least 4 members (excludes halogenated alkanes) is 1. The number of likely N-dealkylation sites (N-methyl/N-ethyl adjacent to an activating group) is 1. The van der Waals surface area contributed by atoms with Crippen LogP contribution in [0.1, 0.15) is 55.7 Å². The average Bonchev–Trinajstić information content (AvgIpc) is 2.92. The van der Waals surface area contributed by atoms with Crippen molar-refractivity contribution in [2.45, 2.75) is 51.9 Å². The van der Waals surface area contributed by atoms with E-state index in [0.717, 1.165) is 56.7 Å². The van der Waals surface area contributed by atoms with E-state index in [4.69, 9.17) is 0 Å². The van der Waals surface area contributed by atoms with Gasteiger partial charge in [-0.25, -0.2) is 0 Å². The zero-order chi connectivity index (χ0) is 15.0. The first-order valence-electron chi connectivity index (χ1n) is 8.44. The molecule has 3 heteroatoms. The van der Waals surface area contributed by atoms with Crippen molar-refractivity contribution in [3.8, 4) is 11.5 Å². The van der Waals surface area contributed by atoms with Crippen LogP contribution in [0.4, 0.5) is 0 Å². The van der Waals surface area contributed by atoms with E-state index in [-0.39, 0.29) is 11.5 Å². The largest absolute Gasteiger partial charge is 0.504 e. The van der Waals surface area contributed by atoms with Gasteiger partial charge < -0.3 is 15.1 Å². The highest BCUT2D eigenvalue weighted by atomic mass is 16.3. The topological polar surface area (TPSA) is 43.7 Å². The Bertz CT molecular complexity index is 526. The quantitative estimate of drug-likeness (QED) is 0.835. The molecular formula is C18H27NO2. The van der Waals surface area contributed by atoms with Crippen molar-refractivity contribution < 1.29 is 10.2 Å². The summed E-state index contributed by atoms with van der Waals surface area (Å²) in [5, 5.41) is 20.3. The molecule has 1 saturated heterocycles. The summed E-state index contributed by atoms with van der Waals surface area (Å²) in [7, 11) is 0. The Morgan fingerprint density at radius 3 is 2.76 bits per heavy atom. The minimum absolute atomic E-state index is 0.0728. The molecule has 3 rings (SSSR count). The summed E-state index contributed by atoms with van der Waals surface area (Å²) in [6, 6.07) is 1.82. The van der Waals surface area contributed by atoms with Crippen LogP contribution in [0.5, 0.6) is 11.5 Å². The number of fused-ring (bicyclic) bond motifs is 3. The van der Waals surface area contributed by atoms with E-state index in [1.54, 1.807) is 0 Å². The van der Waals surface area contributed by atoms with Crippen molar-refractivity contribution in [2.24, 2.45) is 5.92 Å². The van der Waals surface area contributed by atoms with Gasteiger partial charge in [-0.1, -0.05) is 20.3 Å². The molecule has 2 aliphatic rings. The molecule has 2 N–H and O–H groups in total. The van der Waals surface area contributed by atoms with Gasteiger partial charge in [0, 0.05) is 24.6 Å². The number of phenols is 2. The minimum Gasteiger partial charge on any atom is -0.504 e. The molecule has 2 unspecified atom stereocenters. The minimum atomic E-state index is 0.0728. The van der Waals surface area contributed by atoms with E-state index in [1.807, 2.05) is 6.07 Å². The Kier molecular flexibility index (Phi) is 4.12. The van der Waals surface area contributed by atoms with Crippen LogP contribution < -0.4 is 0 Å². The van der Waals surface area contributed by atoms with Crippen molar-refractivity contribution in [2.75, 3.05) is 19.6 Å². The van der Waals surface area contributed by atoms with Gasteiger partial charge in [0.1, 0.15) is 0 Å². The van der Waals surface area contributed by atoms with Crippen molar-refractivity contribution in [1.29, 1.82) is 0 Å². The predicted octanol–water partition coefficient (Wildman–Crippen LogP) is 3.42. The van der Waals surface area contributed by atoms with E-state index < -0.39 is 0 Å². The maximum absolute atomic E-state index is 10.3. The highest BCUT2D eigenvalue weighted by Crippen LogP contribution is 2.48. The third kappa shape index (κ3) is 2.52. The number of hydrogen-bond donors (Lipinski definition) is 2. The molecule has 0 spiro atoms. The molecular weight excluding hydrogens is 262 g/mol. The number of hydrogen-bond acceptors (Lipinski definition) is 3. The second-order valence-corrected chi connectivity index (χ2v) is 6.66. The van der Waals surface area contributed by atoms with Gasteiger partial charge in [0.15, 0.2) is 11.5 Å². The Labute approximate surface area is 127 Å². The number of nitrogens with zero attached hydrogens (tertiary/aromatic N) is 1. The van der Waals surface area contributed by atoms with Gasteiger partial charge in [-0.05, 0) is 55.3 Å². The predicted molar refractivity (Wildman–Crippen MR) is 85.0 cm³/mol. The van der Waals surface area contributed by atoms with Crippen LogP contribution in [0.2, 0.25) is 0 Å². The molecule has 0 bridgehead atoms. The lowest BCUT2D eigenvalue weighted by atomic mass is 9.74. The summed E-state index contributed by atoms with van der Waals surface area (Å²) < 4.78 is 0. The molecule has 21 heavy (non-hydrogen) atoms. The van der Waals surface area contributed by atoms with E-state index >= 15 is 0 Å². The van der Waals surface area contributed by atoms with Gasteiger partial charge in [0.2, 0.25) is 0 Å². The van der Waals surface area contributed by atoms with E-state index in [1.165, 1.54) is 17.7 Å². The molecule has 1 aromatic carbocycles. The molecule has 1 heterocycles. The summed E-state index contributed by atoms with van der Waals surface area (Å²) >= 11 is 0. The summed E-state index contributed by atoms with van der Waals surface area (Å²) in [6.07, 6.45) is 5.37. The number of aromatic hydroxyl groups is 2. The molecule has 1 fully saturated rings. The van der Waals surface area contributed by atoms with Gasteiger partial charge in [-0.3, -0.25) is 0 Å². The Hall–Kier alpha value is -1.22. The zero-order valence-electron chi connectivity index (χ0n) is 13.2. The third-order valence-corrected chi connectivity index (χ3v) is 5.41. The Morgan fingerprint density at radius 1 is 1.24 bits per heavy atom. The second kappa shape index (κ2) is 5.88. The summed E-state index contributed by atoms with van der Waals surface area (Å²) in [5.74, 6) is 1.48. The fourth-order valence-corrected chi connectivity index (χ4v) is 4.24. The summed E-state index contributed by atoms with van der Waals surface area (Å²) in [5.41, 5.74) is 3.67. The summed E-state index contributed by atoms with van der Waals surface area (Å²) in [4.78, 5) is 2.53. The van der Waals surface area contributed by atoms with Crippen LogP contribution in [-0.4, -0.2) is 34.7 Å². The van der Waals surface area contributed by atoms with Crippen LogP contribution in [0.15, 0.2) is 6.07 Å². The lowest BCUT2D eigenvalue weighted by Crippen LogP contribution is -2.21. The van der Waals surface area contributed by atoms with Gasteiger partial charge >= 0.3 is 0 Å². The molecule has 1 aromatic rings. The highest BCUT2D eigenvalue weighted by molar-refractivity contribution is 5.56. The van der Waals surface area contributed by atoms with Crippen LogP contribution in [0.25, 0.3) is 0 Å². The number of phenolic OH excluding ortho intramolecular Hbond substituents is 2. The smallest absolute Gasteiger partial charge is 0.160 e. The lowest BCUT2D eigenvalue weighted by molar-refractivity contribution is 0.337. The maximum atomic E-state index is 10.3. The number of likely N-dealkylation sites (tertiary alicyclic amines) is 1. The molecule has 1 aliphatic carbocycles. The molecule has 0 saturated carbocycles. The van der Waals surface area contributed by atoms with Crippen LogP contribution in [0, 0.1) is 5.92 Å². The van der Waals surface area contributed by atoms with Gasteiger partial charge in [-0.15, -0.1) is 0 Å². The fourth-order valence-electron chi connectivity index (χ4n) is 4.24. The molecule has 0 amide bonds. The third-order valence-electron chi connectivity index (χ3n) is 5.41. The van der Waals surface area contributed by atoms with Crippen molar-refractivity contribution in [1.82, 2.24) is 4.90 Å². The van der Waals surface area contributed by atoms with Crippen LogP contribution >= 0.6 is 0 Å². The SMILES string of the molecule is CCCCc1cc(O)c(O)c2c1C1CN(CC)CC1CC2. The van der Waals surface area contributed by atoms with E-state index in [9.17, 15) is 10.2 Å². The normalized spacial score (nSPS) is 24.9. The standard InChI is InChI=1S/C18H27NO2/c1-3-5-6-12-9-16(20)18(21)14-8-7-13-10-19(4-2)11-15(13)17(12)14/h9,13,15,20-21H,3-8,10-11H2,1-2H3. The van der Waals surface area contributed by atoms with Crippen molar-refractivity contribution in [3.05, 3.63) is 22.8 Å². The lowest BCUT2D eigenvalue weighted by Gasteiger charge is -2.30. The first-order chi connectivity index (χ1) is 10.2. The first kappa shape index (κ1) is 14.7. The average molecular weight is 289 g/mol.